The van der Waals surface area contributed by atoms with Gasteiger partial charge in [0.1, 0.15) is 0 Å². The minimum atomic E-state index is -0.0554. The summed E-state index contributed by atoms with van der Waals surface area (Å²) in [5.41, 5.74) is 1.82. The van der Waals surface area contributed by atoms with Crippen LogP contribution in [0.25, 0.3) is 0 Å². The number of carbonyl (C=O) groups is 1. The molecule has 1 aromatic carbocycles. The third kappa shape index (κ3) is 8.30. The number of hydrogen-bond donors (Lipinski definition) is 3. The largest absolute Gasteiger partial charge is 0.378 e. The molecule has 6 heteroatoms. The van der Waals surface area contributed by atoms with Gasteiger partial charge < -0.3 is 20.7 Å². The normalized spacial score (nSPS) is 15.3. The number of amides is 1. The number of nitrogens with zero attached hydrogens (tertiary/aromatic N) is 1. The van der Waals surface area contributed by atoms with E-state index < -0.39 is 0 Å². The summed E-state index contributed by atoms with van der Waals surface area (Å²) in [6.45, 7) is 5.21. The van der Waals surface area contributed by atoms with Crippen molar-refractivity contribution in [1.82, 2.24) is 16.0 Å². The zero-order chi connectivity index (χ0) is 20.0. The average molecular weight is 389 g/mol. The fraction of sp³-hybridized carbons (Fsp3) is 0.636. The Labute approximate surface area is 169 Å². The van der Waals surface area contributed by atoms with Crippen LogP contribution in [0.3, 0.4) is 0 Å². The van der Waals surface area contributed by atoms with E-state index in [4.69, 9.17) is 4.74 Å². The predicted octanol–water partition coefficient (Wildman–Crippen LogP) is 2.88. The third-order valence-corrected chi connectivity index (χ3v) is 4.94. The van der Waals surface area contributed by atoms with Crippen molar-refractivity contribution in [2.75, 3.05) is 33.3 Å². The van der Waals surface area contributed by atoms with Gasteiger partial charge in [-0.1, -0.05) is 31.4 Å². The zero-order valence-corrected chi connectivity index (χ0v) is 17.4. The summed E-state index contributed by atoms with van der Waals surface area (Å²) < 4.78 is 5.96. The van der Waals surface area contributed by atoms with Gasteiger partial charge in [-0.3, -0.25) is 9.79 Å². The molecule has 28 heavy (non-hydrogen) atoms. The van der Waals surface area contributed by atoms with Crippen LogP contribution in [0.4, 0.5) is 0 Å². The van der Waals surface area contributed by atoms with Crippen molar-refractivity contribution in [3.05, 3.63) is 35.4 Å². The Morgan fingerprint density at radius 2 is 2.04 bits per heavy atom. The Kier molecular flexibility index (Phi) is 10.4. The summed E-state index contributed by atoms with van der Waals surface area (Å²) in [4.78, 5) is 16.4. The van der Waals surface area contributed by atoms with Crippen LogP contribution < -0.4 is 16.0 Å². The molecule has 0 aliphatic heterocycles. The van der Waals surface area contributed by atoms with Gasteiger partial charge in [0.05, 0.1) is 6.10 Å². The standard InChI is InChI=1S/C22H36N4O2/c1-3-24-22(25-14-8-16-28-20-11-5-4-6-12-20)26-15-13-18-9-7-10-19(17-18)21(27)23-2/h7,9-10,17,20H,3-6,8,11-16H2,1-2H3,(H,23,27)(H2,24,25,26). The van der Waals surface area contributed by atoms with Gasteiger partial charge in [-0.2, -0.15) is 0 Å². The maximum absolute atomic E-state index is 11.7. The first-order valence-electron chi connectivity index (χ1n) is 10.7. The van der Waals surface area contributed by atoms with Gasteiger partial charge >= 0.3 is 0 Å². The highest BCUT2D eigenvalue weighted by Crippen LogP contribution is 2.20. The minimum absolute atomic E-state index is 0.0554. The highest BCUT2D eigenvalue weighted by atomic mass is 16.5. The molecule has 1 aliphatic rings. The van der Waals surface area contributed by atoms with Crippen LogP contribution >= 0.6 is 0 Å². The monoisotopic (exact) mass is 388 g/mol. The summed E-state index contributed by atoms with van der Waals surface area (Å²) in [5, 5.41) is 9.31. The van der Waals surface area contributed by atoms with Crippen molar-refractivity contribution in [2.45, 2.75) is 58.0 Å². The van der Waals surface area contributed by atoms with E-state index in [-0.39, 0.29) is 5.91 Å². The maximum atomic E-state index is 11.7. The SMILES string of the molecule is CCNC(=NCCCOC1CCCCC1)NCCc1cccc(C(=O)NC)c1. The number of rotatable bonds is 10. The van der Waals surface area contributed by atoms with Crippen molar-refractivity contribution < 1.29 is 9.53 Å². The van der Waals surface area contributed by atoms with Crippen LogP contribution in [0.1, 0.15) is 61.4 Å². The van der Waals surface area contributed by atoms with Crippen molar-refractivity contribution in [2.24, 2.45) is 4.99 Å². The summed E-state index contributed by atoms with van der Waals surface area (Å²) in [5.74, 6) is 0.780. The molecule has 0 saturated heterocycles. The van der Waals surface area contributed by atoms with Crippen LogP contribution in [0.5, 0.6) is 0 Å². The number of guanidine groups is 1. The summed E-state index contributed by atoms with van der Waals surface area (Å²) >= 11 is 0. The fourth-order valence-corrected chi connectivity index (χ4v) is 3.42. The predicted molar refractivity (Wildman–Crippen MR) is 115 cm³/mol. The molecule has 0 radical (unpaired) electrons. The van der Waals surface area contributed by atoms with E-state index in [9.17, 15) is 4.79 Å². The molecule has 1 aromatic rings. The molecule has 1 amide bonds. The Bertz CT molecular complexity index is 612. The van der Waals surface area contributed by atoms with Crippen LogP contribution in [0.2, 0.25) is 0 Å². The lowest BCUT2D eigenvalue weighted by atomic mass is 9.98. The first-order valence-corrected chi connectivity index (χ1v) is 10.7. The van der Waals surface area contributed by atoms with E-state index >= 15 is 0 Å². The third-order valence-electron chi connectivity index (χ3n) is 4.94. The summed E-state index contributed by atoms with van der Waals surface area (Å²) in [6.07, 6.45) is 8.66. The Balaban J connectivity index is 1.69. The molecule has 2 rings (SSSR count). The number of benzene rings is 1. The quantitative estimate of drug-likeness (QED) is 0.327. The minimum Gasteiger partial charge on any atom is -0.378 e. The average Bonchev–Trinajstić information content (AvgIpc) is 2.74. The van der Waals surface area contributed by atoms with E-state index in [0.717, 1.165) is 50.6 Å². The van der Waals surface area contributed by atoms with Gasteiger partial charge in [-0.15, -0.1) is 0 Å². The smallest absolute Gasteiger partial charge is 0.251 e. The van der Waals surface area contributed by atoms with Crippen LogP contribution in [-0.2, 0) is 11.2 Å². The molecule has 0 aromatic heterocycles. The maximum Gasteiger partial charge on any atom is 0.251 e. The molecule has 0 bridgehead atoms. The van der Waals surface area contributed by atoms with Crippen molar-refractivity contribution >= 4 is 11.9 Å². The van der Waals surface area contributed by atoms with Crippen molar-refractivity contribution in [3.63, 3.8) is 0 Å². The van der Waals surface area contributed by atoms with Gasteiger partial charge in [0.15, 0.2) is 5.96 Å². The molecular weight excluding hydrogens is 352 g/mol. The van der Waals surface area contributed by atoms with Crippen molar-refractivity contribution in [1.29, 1.82) is 0 Å². The summed E-state index contributed by atoms with van der Waals surface area (Å²) in [7, 11) is 1.65. The molecule has 0 heterocycles. The molecule has 3 N–H and O–H groups in total. The Hall–Kier alpha value is -2.08. The molecule has 156 valence electrons. The topological polar surface area (TPSA) is 74.8 Å². The Morgan fingerprint density at radius 3 is 2.79 bits per heavy atom. The molecule has 1 aliphatic carbocycles. The molecule has 6 nitrogen and oxygen atoms in total. The molecule has 0 spiro atoms. The highest BCUT2D eigenvalue weighted by Gasteiger charge is 2.12. The van der Waals surface area contributed by atoms with E-state index in [1.807, 2.05) is 24.3 Å². The summed E-state index contributed by atoms with van der Waals surface area (Å²) in [6, 6.07) is 7.73. The van der Waals surface area contributed by atoms with E-state index in [2.05, 4.69) is 27.9 Å². The molecule has 1 fully saturated rings. The number of carbonyl (C=O) groups excluding carboxylic acids is 1. The molecular formula is C22H36N4O2. The molecule has 0 atom stereocenters. The van der Waals surface area contributed by atoms with Gasteiger partial charge in [-0.05, 0) is 50.3 Å². The highest BCUT2D eigenvalue weighted by molar-refractivity contribution is 5.94. The Morgan fingerprint density at radius 1 is 1.21 bits per heavy atom. The van der Waals surface area contributed by atoms with E-state index in [0.29, 0.717) is 11.7 Å². The fourth-order valence-electron chi connectivity index (χ4n) is 3.42. The lowest BCUT2D eigenvalue weighted by molar-refractivity contribution is 0.0281. The number of ether oxygens (including phenoxy) is 1. The van der Waals surface area contributed by atoms with Crippen LogP contribution in [-0.4, -0.2) is 51.3 Å². The molecule has 1 saturated carbocycles. The van der Waals surface area contributed by atoms with Crippen LogP contribution in [0, 0.1) is 0 Å². The first kappa shape index (κ1) is 22.2. The second-order valence-electron chi connectivity index (χ2n) is 7.20. The number of aliphatic imine (C=N–C) groups is 1. The lowest BCUT2D eigenvalue weighted by Crippen LogP contribution is -2.38. The van der Waals surface area contributed by atoms with Gasteiger partial charge in [0.2, 0.25) is 0 Å². The second-order valence-corrected chi connectivity index (χ2v) is 7.20. The number of nitrogens with one attached hydrogen (secondary N) is 3. The van der Waals surface area contributed by atoms with Crippen molar-refractivity contribution in [3.8, 4) is 0 Å². The van der Waals surface area contributed by atoms with Gasteiger partial charge in [0, 0.05) is 38.9 Å². The van der Waals surface area contributed by atoms with Crippen LogP contribution in [0.15, 0.2) is 29.3 Å². The second kappa shape index (κ2) is 13.2. The molecule has 0 unspecified atom stereocenters. The first-order chi connectivity index (χ1) is 13.7. The van der Waals surface area contributed by atoms with E-state index in [1.165, 1.54) is 32.1 Å². The van der Waals surface area contributed by atoms with Gasteiger partial charge in [0.25, 0.3) is 5.91 Å². The van der Waals surface area contributed by atoms with E-state index in [1.54, 1.807) is 7.05 Å². The lowest BCUT2D eigenvalue weighted by Gasteiger charge is -2.21. The zero-order valence-electron chi connectivity index (χ0n) is 17.4. The van der Waals surface area contributed by atoms with Gasteiger partial charge in [-0.25, -0.2) is 0 Å². The number of hydrogen-bond acceptors (Lipinski definition) is 3.